The molecular weight excluding hydrogens is 236 g/mol. The van der Waals surface area contributed by atoms with Crippen LogP contribution in [0.5, 0.6) is 0 Å². The molecule has 0 saturated carbocycles. The van der Waals surface area contributed by atoms with Crippen LogP contribution in [0, 0.1) is 0 Å². The number of hydrogen-bond acceptors (Lipinski definition) is 5. The molecule has 5 heteroatoms. The van der Waals surface area contributed by atoms with Gasteiger partial charge in [-0.05, 0) is 0 Å². The van der Waals surface area contributed by atoms with E-state index in [9.17, 15) is 9.59 Å². The van der Waals surface area contributed by atoms with Crippen LogP contribution in [0.2, 0.25) is 0 Å². The Bertz CT molecular complexity index is 477. The van der Waals surface area contributed by atoms with Crippen molar-refractivity contribution in [3.8, 4) is 0 Å². The first-order chi connectivity index (χ1) is 8.70. The quantitative estimate of drug-likeness (QED) is 0.596. The highest BCUT2D eigenvalue weighted by molar-refractivity contribution is 6.03. The van der Waals surface area contributed by atoms with Crippen LogP contribution in [0.1, 0.15) is 12.0 Å². The van der Waals surface area contributed by atoms with Gasteiger partial charge in [0.1, 0.15) is 5.76 Å². The average Bonchev–Trinajstić information content (AvgIpc) is 2.72. The van der Waals surface area contributed by atoms with E-state index in [1.807, 2.05) is 30.3 Å². The number of hydrogen-bond donors (Lipinski definition) is 0. The Balaban J connectivity index is 2.01. The maximum absolute atomic E-state index is 11.6. The second-order valence-electron chi connectivity index (χ2n) is 3.71. The van der Waals surface area contributed by atoms with Gasteiger partial charge in [-0.25, -0.2) is 4.79 Å². The van der Waals surface area contributed by atoms with E-state index in [-0.39, 0.29) is 12.2 Å². The van der Waals surface area contributed by atoms with Gasteiger partial charge in [-0.2, -0.15) is 4.89 Å². The second-order valence-corrected chi connectivity index (χ2v) is 3.71. The first kappa shape index (κ1) is 12.3. The topological polar surface area (TPSA) is 61.8 Å². The maximum atomic E-state index is 11.6. The Kier molecular flexibility index (Phi) is 3.74. The van der Waals surface area contributed by atoms with Crippen LogP contribution >= 0.6 is 0 Å². The summed E-state index contributed by atoms with van der Waals surface area (Å²) in [4.78, 5) is 31.4. The Hall–Kier alpha value is -2.14. The molecule has 0 radical (unpaired) electrons. The molecule has 0 aromatic heterocycles. The zero-order chi connectivity index (χ0) is 13.0. The summed E-state index contributed by atoms with van der Waals surface area (Å²) in [5, 5.41) is 0. The molecule has 1 aromatic carbocycles. The van der Waals surface area contributed by atoms with Crippen molar-refractivity contribution in [3.05, 3.63) is 42.0 Å². The molecule has 1 aromatic rings. The van der Waals surface area contributed by atoms with Crippen LogP contribution in [0.25, 0.3) is 5.76 Å². The van der Waals surface area contributed by atoms with Gasteiger partial charge in [0.2, 0.25) is 0 Å². The van der Waals surface area contributed by atoms with Gasteiger partial charge >= 0.3 is 5.97 Å². The fraction of sp³-hybridized carbons (Fsp3) is 0.231. The van der Waals surface area contributed by atoms with Crippen molar-refractivity contribution in [2.45, 2.75) is 12.5 Å². The lowest BCUT2D eigenvalue weighted by atomic mass is 10.1. The molecule has 0 spiro atoms. The highest BCUT2D eigenvalue weighted by Gasteiger charge is 2.30. The lowest BCUT2D eigenvalue weighted by molar-refractivity contribution is -0.256. The largest absolute Gasteiger partial charge is 0.481 e. The minimum absolute atomic E-state index is 0.167. The molecular formula is C13H12O5. The maximum Gasteiger partial charge on any atom is 0.346 e. The van der Waals surface area contributed by atoms with Gasteiger partial charge in [0, 0.05) is 11.6 Å². The fourth-order valence-corrected chi connectivity index (χ4v) is 1.64. The summed E-state index contributed by atoms with van der Waals surface area (Å²) < 4.78 is 5.43. The molecule has 0 saturated heterocycles. The van der Waals surface area contributed by atoms with E-state index in [1.165, 1.54) is 13.2 Å². The standard InChI is InChI=1S/C13H12O5/c1-16-18-13(15)8-12-10(14)7-11(17-12)9-5-3-2-4-6-9/h2-7,12H,8H2,1H3. The summed E-state index contributed by atoms with van der Waals surface area (Å²) in [6.45, 7) is 0. The molecule has 1 aliphatic heterocycles. The molecule has 2 rings (SSSR count). The SMILES string of the molecule is COOC(=O)CC1OC(c2ccccc2)=CC1=O. The second kappa shape index (κ2) is 5.46. The van der Waals surface area contributed by atoms with Crippen molar-refractivity contribution >= 4 is 17.5 Å². The molecule has 0 amide bonds. The first-order valence-corrected chi connectivity index (χ1v) is 5.42. The summed E-state index contributed by atoms with van der Waals surface area (Å²) in [5.41, 5.74) is 0.799. The van der Waals surface area contributed by atoms with Crippen LogP contribution in [-0.4, -0.2) is 25.0 Å². The van der Waals surface area contributed by atoms with Gasteiger partial charge in [-0.1, -0.05) is 30.3 Å². The molecule has 0 aliphatic carbocycles. The molecule has 1 heterocycles. The van der Waals surface area contributed by atoms with E-state index < -0.39 is 12.1 Å². The van der Waals surface area contributed by atoms with Crippen molar-refractivity contribution in [2.75, 3.05) is 7.11 Å². The summed E-state index contributed by atoms with van der Waals surface area (Å²) in [7, 11) is 1.23. The number of ether oxygens (including phenoxy) is 1. The van der Waals surface area contributed by atoms with Crippen molar-refractivity contribution in [1.29, 1.82) is 0 Å². The molecule has 94 valence electrons. The van der Waals surface area contributed by atoms with Gasteiger partial charge in [-0.15, -0.1) is 0 Å². The van der Waals surface area contributed by atoms with E-state index in [1.54, 1.807) is 0 Å². The van der Waals surface area contributed by atoms with Gasteiger partial charge in [0.05, 0.1) is 13.5 Å². The predicted octanol–water partition coefficient (Wildman–Crippen LogP) is 1.49. The Labute approximate surface area is 104 Å². The van der Waals surface area contributed by atoms with Crippen LogP contribution in [0.15, 0.2) is 36.4 Å². The zero-order valence-electron chi connectivity index (χ0n) is 9.79. The van der Waals surface area contributed by atoms with Crippen LogP contribution in [0.3, 0.4) is 0 Å². The fourth-order valence-electron chi connectivity index (χ4n) is 1.64. The molecule has 1 unspecified atom stereocenters. The van der Waals surface area contributed by atoms with E-state index in [4.69, 9.17) is 4.74 Å². The lowest BCUT2D eigenvalue weighted by Crippen LogP contribution is -2.21. The molecule has 5 nitrogen and oxygen atoms in total. The minimum Gasteiger partial charge on any atom is -0.481 e. The minimum atomic E-state index is -0.831. The molecule has 0 fully saturated rings. The van der Waals surface area contributed by atoms with Crippen molar-refractivity contribution in [1.82, 2.24) is 0 Å². The molecule has 1 atom stereocenters. The van der Waals surface area contributed by atoms with Gasteiger partial charge in [0.25, 0.3) is 0 Å². The van der Waals surface area contributed by atoms with Crippen LogP contribution in [-0.2, 0) is 24.1 Å². The number of carbonyl (C=O) groups excluding carboxylic acids is 2. The normalized spacial score (nSPS) is 18.2. The van der Waals surface area contributed by atoms with Crippen LogP contribution < -0.4 is 0 Å². The Morgan fingerprint density at radius 2 is 2.06 bits per heavy atom. The molecule has 1 aliphatic rings. The van der Waals surface area contributed by atoms with E-state index in [0.717, 1.165) is 5.56 Å². The smallest absolute Gasteiger partial charge is 0.346 e. The zero-order valence-corrected chi connectivity index (χ0v) is 9.79. The van der Waals surface area contributed by atoms with Crippen molar-refractivity contribution in [2.24, 2.45) is 0 Å². The predicted molar refractivity (Wildman–Crippen MR) is 62.0 cm³/mol. The van der Waals surface area contributed by atoms with E-state index >= 15 is 0 Å². The van der Waals surface area contributed by atoms with Gasteiger partial charge < -0.3 is 4.74 Å². The number of ketones is 1. The number of benzene rings is 1. The average molecular weight is 248 g/mol. The van der Waals surface area contributed by atoms with Crippen LogP contribution in [0.4, 0.5) is 0 Å². The first-order valence-electron chi connectivity index (χ1n) is 5.42. The summed E-state index contributed by atoms with van der Waals surface area (Å²) >= 11 is 0. The summed E-state index contributed by atoms with van der Waals surface area (Å²) in [5.74, 6) is -0.420. The van der Waals surface area contributed by atoms with Gasteiger partial charge in [0.15, 0.2) is 11.9 Å². The monoisotopic (exact) mass is 248 g/mol. The van der Waals surface area contributed by atoms with E-state index in [0.29, 0.717) is 5.76 Å². The Morgan fingerprint density at radius 1 is 1.33 bits per heavy atom. The van der Waals surface area contributed by atoms with E-state index in [2.05, 4.69) is 9.78 Å². The molecule has 0 bridgehead atoms. The lowest BCUT2D eigenvalue weighted by Gasteiger charge is -2.10. The number of carbonyl (C=O) groups is 2. The number of rotatable bonds is 4. The third-order valence-corrected chi connectivity index (χ3v) is 2.45. The van der Waals surface area contributed by atoms with Crippen molar-refractivity contribution < 1.29 is 24.1 Å². The highest BCUT2D eigenvalue weighted by Crippen LogP contribution is 2.25. The summed E-state index contributed by atoms with van der Waals surface area (Å²) in [6.07, 6.45) is 0.391. The third-order valence-electron chi connectivity index (χ3n) is 2.45. The molecule has 18 heavy (non-hydrogen) atoms. The van der Waals surface area contributed by atoms with Gasteiger partial charge in [-0.3, -0.25) is 9.68 Å². The third kappa shape index (κ3) is 2.75. The Morgan fingerprint density at radius 3 is 2.72 bits per heavy atom. The van der Waals surface area contributed by atoms with Crippen molar-refractivity contribution in [3.63, 3.8) is 0 Å². The molecule has 0 N–H and O–H groups in total. The highest BCUT2D eigenvalue weighted by atomic mass is 17.2. The summed E-state index contributed by atoms with van der Waals surface area (Å²) in [6, 6.07) is 9.21.